The number of nitrogens with zero attached hydrogens (tertiary/aromatic N) is 1. The van der Waals surface area contributed by atoms with E-state index in [0.29, 0.717) is 17.1 Å². The van der Waals surface area contributed by atoms with Gasteiger partial charge in [0.1, 0.15) is 5.75 Å². The highest BCUT2D eigenvalue weighted by atomic mass is 16.7. The van der Waals surface area contributed by atoms with E-state index in [9.17, 15) is 14.7 Å². The highest BCUT2D eigenvalue weighted by Crippen LogP contribution is 2.32. The molecular formula is C21H22N2O5. The molecule has 2 aromatic carbocycles. The minimum Gasteiger partial charge on any atom is -0.497 e. The van der Waals surface area contributed by atoms with Crippen LogP contribution in [-0.4, -0.2) is 35.4 Å². The van der Waals surface area contributed by atoms with Crippen LogP contribution in [0.15, 0.2) is 47.6 Å². The van der Waals surface area contributed by atoms with Crippen LogP contribution in [0.2, 0.25) is 0 Å². The molecule has 7 nitrogen and oxygen atoms in total. The number of methoxy groups -OCH3 is 1. The number of carbonyl (C=O) groups excluding carboxylic acids is 1. The molecule has 28 heavy (non-hydrogen) atoms. The van der Waals surface area contributed by atoms with Gasteiger partial charge in [0.25, 0.3) is 5.91 Å². The van der Waals surface area contributed by atoms with Crippen LogP contribution in [-0.2, 0) is 14.4 Å². The lowest BCUT2D eigenvalue weighted by molar-refractivity contribution is -0.152. The summed E-state index contributed by atoms with van der Waals surface area (Å²) in [7, 11) is 1.57. The molecule has 1 aliphatic rings. The lowest BCUT2D eigenvalue weighted by Gasteiger charge is -2.24. The summed E-state index contributed by atoms with van der Waals surface area (Å²) >= 11 is 0. The molecule has 7 heteroatoms. The number of hydrogen-bond acceptors (Lipinski definition) is 5. The number of aryl methyl sites for hydroxylation is 2. The Morgan fingerprint density at radius 1 is 1.21 bits per heavy atom. The number of rotatable bonds is 6. The fraction of sp³-hybridized carbons (Fsp3) is 0.286. The predicted molar refractivity (Wildman–Crippen MR) is 105 cm³/mol. The molecule has 0 aromatic heterocycles. The van der Waals surface area contributed by atoms with Gasteiger partial charge in [-0.1, -0.05) is 22.9 Å². The third kappa shape index (κ3) is 3.98. The Morgan fingerprint density at radius 3 is 2.54 bits per heavy atom. The van der Waals surface area contributed by atoms with E-state index < -0.39 is 23.9 Å². The molecule has 0 bridgehead atoms. The largest absolute Gasteiger partial charge is 0.497 e. The van der Waals surface area contributed by atoms with E-state index in [1.807, 2.05) is 26.0 Å². The normalized spacial score (nSPS) is 18.2. The molecule has 0 spiro atoms. The highest BCUT2D eigenvalue weighted by molar-refractivity contribution is 6.09. The molecule has 0 unspecified atom stereocenters. The van der Waals surface area contributed by atoms with Crippen LogP contribution < -0.4 is 10.1 Å². The Bertz CT molecular complexity index is 936. The van der Waals surface area contributed by atoms with Crippen molar-refractivity contribution in [2.45, 2.75) is 32.3 Å². The average molecular weight is 382 g/mol. The van der Waals surface area contributed by atoms with Gasteiger partial charge in [-0.2, -0.15) is 0 Å². The number of carboxylic acid groups (broad SMARTS) is 1. The van der Waals surface area contributed by atoms with Crippen LogP contribution in [0.5, 0.6) is 5.75 Å². The van der Waals surface area contributed by atoms with Gasteiger partial charge in [-0.3, -0.25) is 9.59 Å². The number of carbonyl (C=O) groups is 2. The molecule has 0 saturated heterocycles. The van der Waals surface area contributed by atoms with E-state index >= 15 is 0 Å². The van der Waals surface area contributed by atoms with Gasteiger partial charge in [0.05, 0.1) is 19.2 Å². The van der Waals surface area contributed by atoms with Crippen molar-refractivity contribution in [2.75, 3.05) is 12.4 Å². The van der Waals surface area contributed by atoms with Gasteiger partial charge < -0.3 is 20.0 Å². The lowest BCUT2D eigenvalue weighted by Crippen LogP contribution is -2.45. The standard InChI is InChI=1S/C21H22N2O5/c1-13-4-9-17(14(2)10-13)22-20(26)21(12-19(24)25)11-18(23-28-21)15-5-7-16(27-3)8-6-15/h4-10H,11-12H2,1-3H3,(H,22,26)(H,24,25)/t21-/m1/s1. The predicted octanol–water partition coefficient (Wildman–Crippen LogP) is 3.29. The van der Waals surface area contributed by atoms with Crippen LogP contribution in [0.4, 0.5) is 5.69 Å². The summed E-state index contributed by atoms with van der Waals surface area (Å²) in [6.07, 6.45) is -0.435. The third-order valence-electron chi connectivity index (χ3n) is 4.69. The molecule has 2 N–H and O–H groups in total. The number of nitrogens with one attached hydrogen (secondary N) is 1. The maximum atomic E-state index is 13.0. The minimum atomic E-state index is -1.60. The van der Waals surface area contributed by atoms with Crippen molar-refractivity contribution in [3.8, 4) is 5.75 Å². The monoisotopic (exact) mass is 382 g/mol. The number of amides is 1. The maximum Gasteiger partial charge on any atom is 0.308 e. The molecule has 0 radical (unpaired) electrons. The van der Waals surface area contributed by atoms with E-state index in [0.717, 1.165) is 16.7 Å². The van der Waals surface area contributed by atoms with Gasteiger partial charge in [-0.15, -0.1) is 0 Å². The fourth-order valence-corrected chi connectivity index (χ4v) is 3.15. The first kappa shape index (κ1) is 19.4. The third-order valence-corrected chi connectivity index (χ3v) is 4.69. The molecule has 146 valence electrons. The molecule has 3 rings (SSSR count). The minimum absolute atomic E-state index is 0.0579. The zero-order valence-corrected chi connectivity index (χ0v) is 16.0. The summed E-state index contributed by atoms with van der Waals surface area (Å²) in [6.45, 7) is 3.83. The van der Waals surface area contributed by atoms with Gasteiger partial charge in [0.15, 0.2) is 0 Å². The van der Waals surface area contributed by atoms with Gasteiger partial charge in [-0.05, 0) is 55.3 Å². The smallest absolute Gasteiger partial charge is 0.308 e. The van der Waals surface area contributed by atoms with Crippen molar-refractivity contribution in [3.63, 3.8) is 0 Å². The summed E-state index contributed by atoms with van der Waals surface area (Å²) in [4.78, 5) is 29.9. The second-order valence-electron chi connectivity index (χ2n) is 6.87. The van der Waals surface area contributed by atoms with Gasteiger partial charge in [-0.25, -0.2) is 0 Å². The van der Waals surface area contributed by atoms with E-state index in [2.05, 4.69) is 10.5 Å². The van der Waals surface area contributed by atoms with Gasteiger partial charge >= 0.3 is 5.97 Å². The number of benzene rings is 2. The van der Waals surface area contributed by atoms with Crippen LogP contribution in [0.3, 0.4) is 0 Å². The van der Waals surface area contributed by atoms with Crippen molar-refractivity contribution < 1.29 is 24.3 Å². The van der Waals surface area contributed by atoms with E-state index in [1.165, 1.54) is 0 Å². The summed E-state index contributed by atoms with van der Waals surface area (Å²) in [6, 6.07) is 12.7. The van der Waals surface area contributed by atoms with Crippen molar-refractivity contribution in [2.24, 2.45) is 5.16 Å². The topological polar surface area (TPSA) is 97.2 Å². The Balaban J connectivity index is 1.83. The molecule has 0 fully saturated rings. The Labute approximate surface area is 163 Å². The Kier molecular flexibility index (Phi) is 5.35. The fourth-order valence-electron chi connectivity index (χ4n) is 3.15. The van der Waals surface area contributed by atoms with Crippen LogP contribution in [0, 0.1) is 13.8 Å². The zero-order chi connectivity index (χ0) is 20.3. The number of aliphatic carboxylic acids is 1. The van der Waals surface area contributed by atoms with E-state index in [1.54, 1.807) is 37.4 Å². The molecule has 0 saturated carbocycles. The van der Waals surface area contributed by atoms with Crippen molar-refractivity contribution >= 4 is 23.3 Å². The molecule has 1 amide bonds. The summed E-state index contributed by atoms with van der Waals surface area (Å²) in [5.41, 5.74) is 2.22. The Hall–Kier alpha value is -3.35. The number of ether oxygens (including phenoxy) is 1. The lowest BCUT2D eigenvalue weighted by atomic mass is 9.90. The number of oxime groups is 1. The maximum absolute atomic E-state index is 13.0. The van der Waals surface area contributed by atoms with Crippen LogP contribution in [0.1, 0.15) is 29.5 Å². The second-order valence-corrected chi connectivity index (χ2v) is 6.87. The van der Waals surface area contributed by atoms with Crippen LogP contribution >= 0.6 is 0 Å². The average Bonchev–Trinajstić information content (AvgIpc) is 3.08. The van der Waals surface area contributed by atoms with Crippen molar-refractivity contribution in [3.05, 3.63) is 59.2 Å². The highest BCUT2D eigenvalue weighted by Gasteiger charge is 2.48. The Morgan fingerprint density at radius 2 is 1.93 bits per heavy atom. The van der Waals surface area contributed by atoms with Gasteiger partial charge in [0, 0.05) is 12.1 Å². The van der Waals surface area contributed by atoms with E-state index in [-0.39, 0.29) is 6.42 Å². The summed E-state index contributed by atoms with van der Waals surface area (Å²) < 4.78 is 5.14. The summed E-state index contributed by atoms with van der Waals surface area (Å²) in [5.74, 6) is -0.983. The van der Waals surface area contributed by atoms with Crippen molar-refractivity contribution in [1.29, 1.82) is 0 Å². The number of anilines is 1. The first-order valence-corrected chi connectivity index (χ1v) is 8.83. The van der Waals surface area contributed by atoms with Crippen molar-refractivity contribution in [1.82, 2.24) is 0 Å². The van der Waals surface area contributed by atoms with Gasteiger partial charge in [0.2, 0.25) is 5.60 Å². The van der Waals surface area contributed by atoms with Crippen LogP contribution in [0.25, 0.3) is 0 Å². The molecular weight excluding hydrogens is 360 g/mol. The first-order chi connectivity index (χ1) is 13.3. The number of carboxylic acids is 1. The quantitative estimate of drug-likeness (QED) is 0.799. The molecule has 1 aliphatic heterocycles. The van der Waals surface area contributed by atoms with E-state index in [4.69, 9.17) is 9.57 Å². The molecule has 2 aromatic rings. The second kappa shape index (κ2) is 7.72. The molecule has 1 atom stereocenters. The number of hydrogen-bond donors (Lipinski definition) is 2. The summed E-state index contributed by atoms with van der Waals surface area (Å²) in [5, 5.41) is 16.2. The SMILES string of the molecule is COc1ccc(C2=NO[C@](CC(=O)O)(C(=O)Nc3ccc(C)cc3C)C2)cc1. The molecule has 0 aliphatic carbocycles. The first-order valence-electron chi connectivity index (χ1n) is 8.83. The zero-order valence-electron chi connectivity index (χ0n) is 16.0. The molecule has 1 heterocycles.